The first kappa shape index (κ1) is 21.3. The molecule has 166 valence electrons. The number of rotatable bonds is 4. The van der Waals surface area contributed by atoms with Crippen LogP contribution in [0.5, 0.6) is 0 Å². The molecule has 1 N–H and O–H groups in total. The molecule has 0 saturated heterocycles. The summed E-state index contributed by atoms with van der Waals surface area (Å²) in [5.74, 6) is -0.916. The van der Waals surface area contributed by atoms with Crippen LogP contribution in [-0.2, 0) is 22.4 Å². The third-order valence-corrected chi connectivity index (χ3v) is 7.29. The van der Waals surface area contributed by atoms with Gasteiger partial charge in [-0.05, 0) is 55.0 Å². The molecule has 0 bridgehead atoms. The third-order valence-electron chi connectivity index (χ3n) is 6.07. The summed E-state index contributed by atoms with van der Waals surface area (Å²) in [6, 6.07) is 13.1. The molecule has 1 amide bonds. The molecule has 33 heavy (non-hydrogen) atoms. The number of esters is 1. The molecule has 0 unspecified atom stereocenters. The Morgan fingerprint density at radius 1 is 1.00 bits per heavy atom. The molecule has 6 nitrogen and oxygen atoms in total. The Bertz CT molecular complexity index is 1320. The van der Waals surface area contributed by atoms with E-state index >= 15 is 0 Å². The Kier molecular flexibility index (Phi) is 5.42. The maximum absolute atomic E-state index is 12.8. The smallest absolute Gasteiger partial charge is 0.348 e. The van der Waals surface area contributed by atoms with E-state index in [1.807, 2.05) is 6.07 Å². The van der Waals surface area contributed by atoms with E-state index in [0.29, 0.717) is 33.2 Å². The zero-order valence-corrected chi connectivity index (χ0v) is 18.8. The van der Waals surface area contributed by atoms with Crippen LogP contribution < -0.4 is 5.32 Å². The number of aryl methyl sites for hydroxylation is 1. The van der Waals surface area contributed by atoms with Gasteiger partial charge in [-0.25, -0.2) is 4.79 Å². The van der Waals surface area contributed by atoms with E-state index in [2.05, 4.69) is 12.2 Å². The van der Waals surface area contributed by atoms with E-state index in [-0.39, 0.29) is 17.1 Å². The third kappa shape index (κ3) is 4.00. The molecule has 7 heteroatoms. The minimum absolute atomic E-state index is 0.222. The zero-order valence-electron chi connectivity index (χ0n) is 18.0. The molecule has 0 radical (unpaired) electrons. The molecule has 2 aliphatic rings. The molecule has 0 fully saturated rings. The average molecular weight is 460 g/mol. The van der Waals surface area contributed by atoms with Gasteiger partial charge >= 0.3 is 5.97 Å². The van der Waals surface area contributed by atoms with Crippen molar-refractivity contribution in [2.24, 2.45) is 5.92 Å². The maximum Gasteiger partial charge on any atom is 0.348 e. The number of amides is 1. The average Bonchev–Trinajstić information content (AvgIpc) is 3.24. The molecule has 1 aromatic heterocycles. The summed E-state index contributed by atoms with van der Waals surface area (Å²) < 4.78 is 5.20. The lowest BCUT2D eigenvalue weighted by Gasteiger charge is -2.18. The molecular formula is C26H21NO5S. The number of carbonyl (C=O) groups excluding carboxylic acids is 4. The summed E-state index contributed by atoms with van der Waals surface area (Å²) >= 11 is 1.44. The largest absolute Gasteiger partial charge is 0.451 e. The van der Waals surface area contributed by atoms with Crippen molar-refractivity contribution in [1.82, 2.24) is 0 Å². The van der Waals surface area contributed by atoms with Crippen LogP contribution in [0.25, 0.3) is 0 Å². The summed E-state index contributed by atoms with van der Waals surface area (Å²) in [6.45, 7) is 1.76. The molecule has 1 atom stereocenters. The maximum atomic E-state index is 12.8. The Morgan fingerprint density at radius 2 is 1.70 bits per heavy atom. The number of carbonyl (C=O) groups is 4. The number of fused-ring (bicyclic) bond motifs is 3. The molecule has 3 aromatic rings. The van der Waals surface area contributed by atoms with E-state index in [1.165, 1.54) is 33.9 Å². The number of benzene rings is 2. The Balaban J connectivity index is 1.24. The van der Waals surface area contributed by atoms with Crippen LogP contribution in [0, 0.1) is 5.92 Å². The number of ether oxygens (including phenoxy) is 1. The van der Waals surface area contributed by atoms with Gasteiger partial charge in [0.05, 0.1) is 0 Å². The van der Waals surface area contributed by atoms with Crippen molar-refractivity contribution in [1.29, 1.82) is 0 Å². The molecule has 0 spiro atoms. The van der Waals surface area contributed by atoms with Crippen molar-refractivity contribution in [2.75, 3.05) is 11.9 Å². The summed E-state index contributed by atoms with van der Waals surface area (Å²) in [5.41, 5.74) is 2.83. The van der Waals surface area contributed by atoms with E-state index in [9.17, 15) is 19.2 Å². The Hall–Kier alpha value is -3.58. The summed E-state index contributed by atoms with van der Waals surface area (Å²) in [7, 11) is 0. The first-order valence-electron chi connectivity index (χ1n) is 10.8. The number of nitrogens with one attached hydrogen (secondary N) is 1. The second kappa shape index (κ2) is 8.41. The van der Waals surface area contributed by atoms with Crippen LogP contribution in [0.1, 0.15) is 65.3 Å². The molecule has 5 rings (SSSR count). The van der Waals surface area contributed by atoms with E-state index < -0.39 is 18.5 Å². The van der Waals surface area contributed by atoms with Gasteiger partial charge in [-0.15, -0.1) is 11.3 Å². The standard InChI is InChI=1S/C26H21NO5S/c1-14-6-9-21-15(10-14)11-22(33-21)26(31)32-13-23(28)27-16-7-8-19-20(12-16)25(30)18-5-3-2-4-17(18)24(19)29/h2-5,7-8,11-12,14H,6,9-10,13H2,1H3,(H,27,28)/t14-/m1/s1. The van der Waals surface area contributed by atoms with Gasteiger partial charge in [0.1, 0.15) is 4.88 Å². The fourth-order valence-electron chi connectivity index (χ4n) is 4.38. The lowest BCUT2D eigenvalue weighted by molar-refractivity contribution is -0.119. The number of thiophene rings is 1. The lowest BCUT2D eigenvalue weighted by atomic mass is 9.84. The van der Waals surface area contributed by atoms with Gasteiger partial charge in [-0.3, -0.25) is 14.4 Å². The highest BCUT2D eigenvalue weighted by Crippen LogP contribution is 2.32. The van der Waals surface area contributed by atoms with Crippen molar-refractivity contribution in [3.05, 3.63) is 86.1 Å². The first-order chi connectivity index (χ1) is 15.9. The first-order valence-corrected chi connectivity index (χ1v) is 11.6. The highest BCUT2D eigenvalue weighted by atomic mass is 32.1. The lowest BCUT2D eigenvalue weighted by Crippen LogP contribution is -2.23. The summed E-state index contributed by atoms with van der Waals surface area (Å²) in [4.78, 5) is 52.0. The van der Waals surface area contributed by atoms with Gasteiger partial charge in [0.25, 0.3) is 5.91 Å². The number of hydrogen-bond donors (Lipinski definition) is 1. The Labute approximate surface area is 194 Å². The predicted molar refractivity (Wildman–Crippen MR) is 124 cm³/mol. The van der Waals surface area contributed by atoms with E-state index in [0.717, 1.165) is 19.3 Å². The molecule has 2 aromatic carbocycles. The van der Waals surface area contributed by atoms with Gasteiger partial charge in [0.15, 0.2) is 18.2 Å². The van der Waals surface area contributed by atoms with Gasteiger partial charge in [-0.1, -0.05) is 31.2 Å². The van der Waals surface area contributed by atoms with Gasteiger partial charge in [0, 0.05) is 32.8 Å². The number of ketones is 2. The van der Waals surface area contributed by atoms with Crippen molar-refractivity contribution in [3.8, 4) is 0 Å². The van der Waals surface area contributed by atoms with E-state index in [4.69, 9.17) is 4.74 Å². The highest BCUT2D eigenvalue weighted by Gasteiger charge is 2.29. The summed E-state index contributed by atoms with van der Waals surface area (Å²) in [5, 5.41) is 2.64. The van der Waals surface area contributed by atoms with Crippen LogP contribution in [0.2, 0.25) is 0 Å². The van der Waals surface area contributed by atoms with Crippen molar-refractivity contribution in [2.45, 2.75) is 26.2 Å². The monoisotopic (exact) mass is 459 g/mol. The number of hydrogen-bond acceptors (Lipinski definition) is 6. The molecule has 0 aliphatic heterocycles. The number of anilines is 1. The fourth-order valence-corrected chi connectivity index (χ4v) is 5.49. The minimum atomic E-state index is -0.520. The van der Waals surface area contributed by atoms with Gasteiger partial charge < -0.3 is 10.1 Å². The quantitative estimate of drug-likeness (QED) is 0.456. The summed E-state index contributed by atoms with van der Waals surface area (Å²) in [6.07, 6.45) is 3.05. The van der Waals surface area contributed by atoms with Crippen LogP contribution in [0.3, 0.4) is 0 Å². The van der Waals surface area contributed by atoms with Crippen molar-refractivity contribution in [3.63, 3.8) is 0 Å². The Morgan fingerprint density at radius 3 is 2.45 bits per heavy atom. The molecular weight excluding hydrogens is 438 g/mol. The van der Waals surface area contributed by atoms with E-state index in [1.54, 1.807) is 30.3 Å². The van der Waals surface area contributed by atoms with Crippen LogP contribution in [0.15, 0.2) is 48.5 Å². The molecule has 0 saturated carbocycles. The van der Waals surface area contributed by atoms with Crippen LogP contribution in [-0.4, -0.2) is 30.0 Å². The van der Waals surface area contributed by atoms with Crippen LogP contribution in [0.4, 0.5) is 5.69 Å². The van der Waals surface area contributed by atoms with Crippen molar-refractivity contribution < 1.29 is 23.9 Å². The fraction of sp³-hybridized carbons (Fsp3) is 0.231. The minimum Gasteiger partial charge on any atom is -0.451 e. The SMILES string of the molecule is C[C@@H]1CCc2sc(C(=O)OCC(=O)Nc3ccc4c(c3)C(=O)c3ccccc3C4=O)cc2C1. The van der Waals surface area contributed by atoms with Crippen molar-refractivity contribution >= 4 is 40.5 Å². The second-order valence-electron chi connectivity index (χ2n) is 8.50. The molecule has 1 heterocycles. The van der Waals surface area contributed by atoms with Crippen LogP contribution >= 0.6 is 11.3 Å². The van der Waals surface area contributed by atoms with Gasteiger partial charge in [0.2, 0.25) is 0 Å². The second-order valence-corrected chi connectivity index (χ2v) is 9.63. The topological polar surface area (TPSA) is 89.5 Å². The zero-order chi connectivity index (χ0) is 23.1. The van der Waals surface area contributed by atoms with Gasteiger partial charge in [-0.2, -0.15) is 0 Å². The predicted octanol–water partition coefficient (Wildman–Crippen LogP) is 4.44. The highest BCUT2D eigenvalue weighted by molar-refractivity contribution is 7.14. The molecule has 2 aliphatic carbocycles. The normalized spacial score (nSPS) is 16.5.